The quantitative estimate of drug-likeness (QED) is 0.310. The van der Waals surface area contributed by atoms with E-state index in [9.17, 15) is 26.3 Å². The second-order valence-electron chi connectivity index (χ2n) is 7.12. The van der Waals surface area contributed by atoms with Crippen LogP contribution in [0.5, 0.6) is 11.5 Å². The lowest BCUT2D eigenvalue weighted by Crippen LogP contribution is -2.38. The zero-order chi connectivity index (χ0) is 24.7. The molecule has 0 bridgehead atoms. The largest absolute Gasteiger partial charge is 0.573 e. The summed E-state index contributed by atoms with van der Waals surface area (Å²) in [6.45, 7) is 7.58. The smallest absolute Gasteiger partial charge is 0.406 e. The number of benzene rings is 2. The molecule has 0 aliphatic rings. The second-order valence-corrected chi connectivity index (χ2v) is 7.12. The molecule has 0 unspecified atom stereocenters. The van der Waals surface area contributed by atoms with Gasteiger partial charge in [-0.05, 0) is 54.4 Å². The number of alkyl halides is 6. The minimum absolute atomic E-state index is 0.167. The maximum Gasteiger partial charge on any atom is 0.573 e. The third-order valence-electron chi connectivity index (χ3n) is 4.82. The Bertz CT molecular complexity index is 935. The molecule has 0 spiro atoms. The molecular weight excluding hydrogens is 448 g/mol. The number of halogens is 6. The molecule has 2 aromatic carbocycles. The number of rotatable bonds is 10. The normalized spacial score (nSPS) is 12.9. The van der Waals surface area contributed by atoms with Crippen LogP contribution < -0.4 is 14.8 Å². The predicted octanol–water partition coefficient (Wildman–Crippen LogP) is 6.68. The summed E-state index contributed by atoms with van der Waals surface area (Å²) in [6.07, 6.45) is -4.87. The molecule has 0 saturated heterocycles. The topological polar surface area (TPSA) is 30.5 Å². The van der Waals surface area contributed by atoms with Crippen LogP contribution in [-0.4, -0.2) is 26.3 Å². The van der Waals surface area contributed by atoms with Crippen molar-refractivity contribution < 1.29 is 35.8 Å². The van der Waals surface area contributed by atoms with E-state index in [1.165, 1.54) is 30.3 Å². The Balaban J connectivity index is 2.74. The van der Waals surface area contributed by atoms with E-state index in [0.717, 1.165) is 12.1 Å². The fourth-order valence-electron chi connectivity index (χ4n) is 3.62. The Kier molecular flexibility index (Phi) is 8.38. The summed E-state index contributed by atoms with van der Waals surface area (Å²) in [4.78, 5) is 0. The van der Waals surface area contributed by atoms with Crippen molar-refractivity contribution in [3.63, 3.8) is 0 Å². The van der Waals surface area contributed by atoms with Gasteiger partial charge in [0.25, 0.3) is 0 Å². The Labute approximate surface area is 188 Å². The monoisotopic (exact) mass is 471 g/mol. The van der Waals surface area contributed by atoms with Crippen LogP contribution in [0.15, 0.2) is 85.5 Å². The summed E-state index contributed by atoms with van der Waals surface area (Å²) in [5.41, 5.74) is 0.344. The first-order chi connectivity index (χ1) is 15.4. The molecule has 0 amide bonds. The van der Waals surface area contributed by atoms with Crippen LogP contribution in [0.1, 0.15) is 17.5 Å². The van der Waals surface area contributed by atoms with Gasteiger partial charge in [-0.25, -0.2) is 0 Å². The summed E-state index contributed by atoms with van der Waals surface area (Å²) >= 11 is 0. The predicted molar refractivity (Wildman–Crippen MR) is 114 cm³/mol. The van der Waals surface area contributed by atoms with Crippen LogP contribution in [0.2, 0.25) is 0 Å². The van der Waals surface area contributed by atoms with Crippen LogP contribution in [0.3, 0.4) is 0 Å². The van der Waals surface area contributed by atoms with Crippen molar-refractivity contribution in [2.75, 3.05) is 13.6 Å². The van der Waals surface area contributed by atoms with Gasteiger partial charge in [0.05, 0.1) is 0 Å². The van der Waals surface area contributed by atoms with Gasteiger partial charge in [0.15, 0.2) is 0 Å². The lowest BCUT2D eigenvalue weighted by atomic mass is 9.70. The summed E-state index contributed by atoms with van der Waals surface area (Å²) in [5, 5.41) is 3.00. The number of ether oxygens (including phenoxy) is 2. The fraction of sp³-hybridized carbons (Fsp3) is 0.250. The Hall–Kier alpha value is -3.20. The van der Waals surface area contributed by atoms with Gasteiger partial charge >= 0.3 is 12.7 Å². The van der Waals surface area contributed by atoms with Gasteiger partial charge in [0, 0.05) is 12.0 Å². The molecule has 1 N–H and O–H groups in total. The SMILES string of the molecule is C=C/C=C(\C=C)CC(CNC)(c1cccc(OC(F)(F)F)c1)c1cccc(OC(F)(F)F)c1. The summed E-state index contributed by atoms with van der Waals surface area (Å²) < 4.78 is 85.1. The van der Waals surface area contributed by atoms with Crippen LogP contribution >= 0.6 is 0 Å². The van der Waals surface area contributed by atoms with E-state index in [2.05, 4.69) is 27.9 Å². The molecule has 0 radical (unpaired) electrons. The summed E-state index contributed by atoms with van der Waals surface area (Å²) in [6, 6.07) is 10.7. The maximum absolute atomic E-state index is 12.8. The zero-order valence-corrected chi connectivity index (χ0v) is 17.8. The molecule has 0 aromatic heterocycles. The number of hydrogen-bond acceptors (Lipinski definition) is 3. The molecule has 178 valence electrons. The molecule has 3 nitrogen and oxygen atoms in total. The third kappa shape index (κ3) is 7.42. The van der Waals surface area contributed by atoms with Gasteiger partial charge in [0.2, 0.25) is 0 Å². The third-order valence-corrected chi connectivity index (χ3v) is 4.82. The van der Waals surface area contributed by atoms with Crippen molar-refractivity contribution >= 4 is 0 Å². The average molecular weight is 471 g/mol. The lowest BCUT2D eigenvalue weighted by molar-refractivity contribution is -0.275. The van der Waals surface area contributed by atoms with Gasteiger partial charge in [-0.15, -0.1) is 26.3 Å². The molecule has 33 heavy (non-hydrogen) atoms. The van der Waals surface area contributed by atoms with Crippen molar-refractivity contribution in [2.45, 2.75) is 24.6 Å². The minimum Gasteiger partial charge on any atom is -0.406 e. The molecule has 9 heteroatoms. The molecule has 0 heterocycles. The van der Waals surface area contributed by atoms with Crippen LogP contribution in [0.4, 0.5) is 26.3 Å². The minimum atomic E-state index is -4.90. The molecule has 2 rings (SSSR count). The van der Waals surface area contributed by atoms with Crippen molar-refractivity contribution in [1.29, 1.82) is 0 Å². The van der Waals surface area contributed by atoms with Crippen molar-refractivity contribution in [1.82, 2.24) is 5.32 Å². The molecule has 0 saturated carbocycles. The van der Waals surface area contributed by atoms with Crippen molar-refractivity contribution in [3.8, 4) is 11.5 Å². The van der Waals surface area contributed by atoms with Gasteiger partial charge in [-0.1, -0.05) is 55.7 Å². The first-order valence-electron chi connectivity index (χ1n) is 9.73. The fourth-order valence-corrected chi connectivity index (χ4v) is 3.62. The number of hydrogen-bond donors (Lipinski definition) is 1. The van der Waals surface area contributed by atoms with Gasteiger partial charge in [0.1, 0.15) is 11.5 Å². The van der Waals surface area contributed by atoms with Crippen molar-refractivity contribution in [3.05, 3.63) is 96.6 Å². The van der Waals surface area contributed by atoms with Crippen LogP contribution in [0.25, 0.3) is 0 Å². The molecular formula is C24H23F6NO2. The highest BCUT2D eigenvalue weighted by Gasteiger charge is 2.37. The molecule has 0 aliphatic carbocycles. The average Bonchev–Trinajstić information content (AvgIpc) is 2.70. The molecule has 0 aliphatic heterocycles. The van der Waals surface area contributed by atoms with Crippen LogP contribution in [0, 0.1) is 0 Å². The molecule has 0 atom stereocenters. The Morgan fingerprint density at radius 2 is 1.36 bits per heavy atom. The summed E-state index contributed by atoms with van der Waals surface area (Å²) in [5.74, 6) is -0.896. The van der Waals surface area contributed by atoms with Gasteiger partial charge in [-0.3, -0.25) is 0 Å². The van der Waals surface area contributed by atoms with E-state index in [-0.39, 0.29) is 13.0 Å². The first kappa shape index (κ1) is 26.1. The number of likely N-dealkylation sites (N-methyl/N-ethyl adjacent to an activating group) is 1. The standard InChI is InChI=1S/C24H23F6NO2/c1-4-8-17(5-2)15-22(16-31-3,18-9-6-11-20(13-18)32-23(25,26)27)19-10-7-12-21(14-19)33-24(28,29)30/h4-14,31H,1-2,15-16H2,3H3/b17-8+. The maximum atomic E-state index is 12.8. The first-order valence-corrected chi connectivity index (χ1v) is 9.73. The second kappa shape index (κ2) is 10.6. The van der Waals surface area contributed by atoms with E-state index in [0.29, 0.717) is 16.7 Å². The van der Waals surface area contributed by atoms with E-state index in [4.69, 9.17) is 0 Å². The highest BCUT2D eigenvalue weighted by molar-refractivity contribution is 5.48. The Morgan fingerprint density at radius 3 is 1.73 bits per heavy atom. The molecule has 2 aromatic rings. The highest BCUT2D eigenvalue weighted by Crippen LogP contribution is 2.41. The van der Waals surface area contributed by atoms with Crippen LogP contribution in [-0.2, 0) is 5.41 Å². The summed E-state index contributed by atoms with van der Waals surface area (Å²) in [7, 11) is 1.63. The lowest BCUT2D eigenvalue weighted by Gasteiger charge is -2.36. The number of allylic oxidation sites excluding steroid dienone is 4. The van der Waals surface area contributed by atoms with E-state index >= 15 is 0 Å². The zero-order valence-electron chi connectivity index (χ0n) is 17.8. The van der Waals surface area contributed by atoms with E-state index < -0.39 is 29.6 Å². The number of nitrogens with one attached hydrogen (secondary N) is 1. The van der Waals surface area contributed by atoms with E-state index in [1.54, 1.807) is 31.3 Å². The van der Waals surface area contributed by atoms with Crippen molar-refractivity contribution in [2.24, 2.45) is 0 Å². The van der Waals surface area contributed by atoms with Gasteiger partial charge in [-0.2, -0.15) is 0 Å². The highest BCUT2D eigenvalue weighted by atomic mass is 19.4. The molecule has 0 fully saturated rings. The Morgan fingerprint density at radius 1 is 0.879 bits per heavy atom. The van der Waals surface area contributed by atoms with E-state index in [1.807, 2.05) is 0 Å². The van der Waals surface area contributed by atoms with Gasteiger partial charge < -0.3 is 14.8 Å².